The molecule has 0 radical (unpaired) electrons. The van der Waals surface area contributed by atoms with E-state index in [1.54, 1.807) is 18.2 Å². The molecule has 0 bridgehead atoms. The zero-order valence-corrected chi connectivity index (χ0v) is 15.1. The SMILES string of the molecule is C=CCN1C(=O)S/C(=C/c2cc(OCC)c(OCC)cc2Cl)C1=O. The number of nitrogens with zero attached hydrogens (tertiary/aromatic N) is 1. The summed E-state index contributed by atoms with van der Waals surface area (Å²) in [7, 11) is 0. The van der Waals surface area contributed by atoms with Crippen molar-refractivity contribution >= 4 is 40.6 Å². The van der Waals surface area contributed by atoms with Crippen molar-refractivity contribution in [3.8, 4) is 11.5 Å². The monoisotopic (exact) mass is 367 g/mol. The predicted octanol–water partition coefficient (Wildman–Crippen LogP) is 4.36. The van der Waals surface area contributed by atoms with E-state index in [4.69, 9.17) is 21.1 Å². The number of thioether (sulfide) groups is 1. The molecule has 1 aromatic rings. The van der Waals surface area contributed by atoms with Crippen LogP contribution in [-0.2, 0) is 4.79 Å². The molecule has 0 spiro atoms. The van der Waals surface area contributed by atoms with E-state index in [2.05, 4.69) is 6.58 Å². The van der Waals surface area contributed by atoms with Crippen molar-refractivity contribution in [2.75, 3.05) is 19.8 Å². The first-order chi connectivity index (χ1) is 11.5. The molecule has 5 nitrogen and oxygen atoms in total. The summed E-state index contributed by atoms with van der Waals surface area (Å²) in [5.74, 6) is 0.731. The fourth-order valence-corrected chi connectivity index (χ4v) is 3.17. The molecule has 1 aromatic carbocycles. The molecule has 1 saturated heterocycles. The van der Waals surface area contributed by atoms with Gasteiger partial charge in [-0.25, -0.2) is 0 Å². The van der Waals surface area contributed by atoms with Gasteiger partial charge >= 0.3 is 0 Å². The lowest BCUT2D eigenvalue weighted by molar-refractivity contribution is -0.122. The van der Waals surface area contributed by atoms with Crippen molar-refractivity contribution in [1.82, 2.24) is 4.90 Å². The lowest BCUT2D eigenvalue weighted by Crippen LogP contribution is -2.27. The van der Waals surface area contributed by atoms with Gasteiger partial charge in [-0.2, -0.15) is 0 Å². The molecule has 0 aromatic heterocycles. The molecular formula is C17H18ClNO4S. The minimum Gasteiger partial charge on any atom is -0.490 e. The van der Waals surface area contributed by atoms with Crippen LogP contribution in [0, 0.1) is 0 Å². The van der Waals surface area contributed by atoms with Crippen molar-refractivity contribution in [2.24, 2.45) is 0 Å². The van der Waals surface area contributed by atoms with E-state index in [-0.39, 0.29) is 17.7 Å². The van der Waals surface area contributed by atoms with Crippen LogP contribution in [0.15, 0.2) is 29.7 Å². The van der Waals surface area contributed by atoms with Crippen molar-refractivity contribution in [1.29, 1.82) is 0 Å². The molecule has 2 amide bonds. The second-order valence-electron chi connectivity index (χ2n) is 4.77. The first kappa shape index (κ1) is 18.4. The second kappa shape index (κ2) is 8.26. The van der Waals surface area contributed by atoms with Crippen LogP contribution in [0.3, 0.4) is 0 Å². The van der Waals surface area contributed by atoms with Crippen LogP contribution in [0.5, 0.6) is 11.5 Å². The summed E-state index contributed by atoms with van der Waals surface area (Å²) >= 11 is 7.16. The number of benzene rings is 1. The maximum Gasteiger partial charge on any atom is 0.293 e. The number of carbonyl (C=O) groups is 2. The molecule has 0 N–H and O–H groups in total. The number of imide groups is 1. The summed E-state index contributed by atoms with van der Waals surface area (Å²) in [5.41, 5.74) is 0.590. The van der Waals surface area contributed by atoms with E-state index >= 15 is 0 Å². The van der Waals surface area contributed by atoms with E-state index in [1.807, 2.05) is 13.8 Å². The normalized spacial score (nSPS) is 16.0. The van der Waals surface area contributed by atoms with Crippen LogP contribution in [0.1, 0.15) is 19.4 Å². The Hall–Kier alpha value is -1.92. The fraction of sp³-hybridized carbons (Fsp3) is 0.294. The van der Waals surface area contributed by atoms with Crippen molar-refractivity contribution < 1.29 is 19.1 Å². The van der Waals surface area contributed by atoms with Gasteiger partial charge in [0, 0.05) is 12.6 Å². The van der Waals surface area contributed by atoms with Gasteiger partial charge in [0.15, 0.2) is 11.5 Å². The van der Waals surface area contributed by atoms with Crippen molar-refractivity contribution in [3.05, 3.63) is 40.3 Å². The summed E-state index contributed by atoms with van der Waals surface area (Å²) in [6.07, 6.45) is 3.10. The van der Waals surface area contributed by atoms with E-state index < -0.39 is 0 Å². The first-order valence-corrected chi connectivity index (χ1v) is 8.66. The molecule has 1 aliphatic rings. The number of rotatable bonds is 7. The molecule has 1 aliphatic heterocycles. The quantitative estimate of drug-likeness (QED) is 0.529. The lowest BCUT2D eigenvalue weighted by Gasteiger charge is -2.13. The predicted molar refractivity (Wildman–Crippen MR) is 96.7 cm³/mol. The highest BCUT2D eigenvalue weighted by Gasteiger charge is 2.34. The summed E-state index contributed by atoms with van der Waals surface area (Å²) in [6.45, 7) is 8.42. The molecule has 0 saturated carbocycles. The third kappa shape index (κ3) is 3.94. The molecule has 24 heavy (non-hydrogen) atoms. The Kier molecular flexibility index (Phi) is 6.34. The zero-order chi connectivity index (χ0) is 17.7. The standard InChI is InChI=1S/C17H18ClNO4S/c1-4-7-19-16(20)15(24-17(19)21)9-11-8-13(22-5-2)14(23-6-3)10-12(11)18/h4,8-10H,1,5-7H2,2-3H3/b15-9+. The number of carbonyl (C=O) groups excluding carboxylic acids is 2. The maximum atomic E-state index is 12.3. The average Bonchev–Trinajstić information content (AvgIpc) is 2.80. The van der Waals surface area contributed by atoms with Crippen molar-refractivity contribution in [2.45, 2.75) is 13.8 Å². The minimum atomic E-state index is -0.354. The average molecular weight is 368 g/mol. The number of halogens is 1. The Morgan fingerprint density at radius 1 is 1.21 bits per heavy atom. The number of amides is 2. The van der Waals surface area contributed by atoms with Crippen LogP contribution in [0.25, 0.3) is 6.08 Å². The molecule has 0 unspecified atom stereocenters. The number of hydrogen-bond donors (Lipinski definition) is 0. The molecule has 0 atom stereocenters. The highest BCUT2D eigenvalue weighted by Crippen LogP contribution is 2.38. The minimum absolute atomic E-state index is 0.184. The summed E-state index contributed by atoms with van der Waals surface area (Å²) in [5, 5.41) is 0.0932. The Balaban J connectivity index is 2.38. The largest absolute Gasteiger partial charge is 0.490 e. The number of hydrogen-bond acceptors (Lipinski definition) is 5. The summed E-state index contributed by atoms with van der Waals surface area (Å²) < 4.78 is 11.1. The van der Waals surface area contributed by atoms with Gasteiger partial charge < -0.3 is 9.47 Å². The van der Waals surface area contributed by atoms with Crippen LogP contribution in [0.4, 0.5) is 4.79 Å². The van der Waals surface area contributed by atoms with Crippen LogP contribution < -0.4 is 9.47 Å². The van der Waals surface area contributed by atoms with Crippen molar-refractivity contribution in [3.63, 3.8) is 0 Å². The van der Waals surface area contributed by atoms with E-state index in [1.165, 1.54) is 6.08 Å². The van der Waals surface area contributed by atoms with E-state index in [9.17, 15) is 9.59 Å². The fourth-order valence-electron chi connectivity index (χ4n) is 2.13. The Labute approximate surface area is 150 Å². The summed E-state index contributed by atoms with van der Waals surface area (Å²) in [6, 6.07) is 3.36. The lowest BCUT2D eigenvalue weighted by atomic mass is 10.1. The first-order valence-electron chi connectivity index (χ1n) is 7.47. The van der Waals surface area contributed by atoms with E-state index in [0.717, 1.165) is 16.7 Å². The Bertz CT molecular complexity index is 702. The maximum absolute atomic E-state index is 12.3. The molecule has 7 heteroatoms. The van der Waals surface area contributed by atoms with Gasteiger partial charge in [0.05, 0.1) is 23.1 Å². The second-order valence-corrected chi connectivity index (χ2v) is 6.17. The van der Waals surface area contributed by atoms with Gasteiger partial charge in [-0.05, 0) is 43.3 Å². The van der Waals surface area contributed by atoms with Crippen LogP contribution in [0.2, 0.25) is 5.02 Å². The topological polar surface area (TPSA) is 55.8 Å². The Morgan fingerprint density at radius 3 is 2.42 bits per heavy atom. The molecule has 2 rings (SSSR count). The number of ether oxygens (including phenoxy) is 2. The van der Waals surface area contributed by atoms with Gasteiger partial charge in [0.1, 0.15) is 0 Å². The highest BCUT2D eigenvalue weighted by molar-refractivity contribution is 8.18. The van der Waals surface area contributed by atoms with Gasteiger partial charge in [-0.1, -0.05) is 17.7 Å². The van der Waals surface area contributed by atoms with Gasteiger partial charge in [-0.15, -0.1) is 6.58 Å². The molecule has 128 valence electrons. The molecule has 1 heterocycles. The smallest absolute Gasteiger partial charge is 0.293 e. The van der Waals surface area contributed by atoms with Crippen LogP contribution >= 0.6 is 23.4 Å². The van der Waals surface area contributed by atoms with Gasteiger partial charge in [0.2, 0.25) is 0 Å². The molecule has 1 fully saturated rings. The summed E-state index contributed by atoms with van der Waals surface area (Å²) in [4.78, 5) is 25.6. The van der Waals surface area contributed by atoms with Gasteiger partial charge in [0.25, 0.3) is 11.1 Å². The molecular weight excluding hydrogens is 350 g/mol. The van der Waals surface area contributed by atoms with E-state index in [0.29, 0.717) is 40.2 Å². The Morgan fingerprint density at radius 2 is 1.83 bits per heavy atom. The molecule has 0 aliphatic carbocycles. The van der Waals surface area contributed by atoms with Crippen LogP contribution in [-0.4, -0.2) is 35.8 Å². The highest BCUT2D eigenvalue weighted by atomic mass is 35.5. The third-order valence-corrected chi connectivity index (χ3v) is 4.37. The van der Waals surface area contributed by atoms with Gasteiger partial charge in [-0.3, -0.25) is 14.5 Å². The third-order valence-electron chi connectivity index (χ3n) is 3.13. The zero-order valence-electron chi connectivity index (χ0n) is 13.5.